The van der Waals surface area contributed by atoms with Crippen molar-refractivity contribution < 1.29 is 59.9 Å². The van der Waals surface area contributed by atoms with Crippen LogP contribution in [0.5, 0.6) is 0 Å². The maximum Gasteiger partial charge on any atom is 0.277 e. The Morgan fingerprint density at radius 3 is 2.02 bits per heavy atom. The normalized spacial score (nSPS) is 33.6. The smallest absolute Gasteiger partial charge is 0.277 e. The van der Waals surface area contributed by atoms with Crippen LogP contribution in [-0.4, -0.2) is 147 Å². The molecule has 1 saturated heterocycles. The van der Waals surface area contributed by atoms with Gasteiger partial charge in [-0.3, -0.25) is 23.7 Å². The number of ether oxygens (including phenoxy) is 2. The quantitative estimate of drug-likeness (QED) is 0.105. The fourth-order valence-electron chi connectivity index (χ4n) is 5.71. The van der Waals surface area contributed by atoms with Crippen LogP contribution in [0.2, 0.25) is 0 Å². The molecule has 10 atom stereocenters. The Morgan fingerprint density at radius 1 is 0.872 bits per heavy atom. The van der Waals surface area contributed by atoms with E-state index in [1.165, 1.54) is 4.52 Å². The lowest BCUT2D eigenvalue weighted by molar-refractivity contribution is -0.319. The molecule has 2 aromatic heterocycles. The van der Waals surface area contributed by atoms with E-state index in [1.807, 2.05) is 0 Å². The second kappa shape index (κ2) is 14.8. The molecule has 1 aliphatic heterocycles. The summed E-state index contributed by atoms with van der Waals surface area (Å²) in [6, 6.07) is -2.91. The number of nitrogens with zero attached hydrogens (tertiary/aromatic N) is 2. The zero-order valence-electron chi connectivity index (χ0n) is 26.1. The maximum atomic E-state index is 13.6. The van der Waals surface area contributed by atoms with E-state index in [0.29, 0.717) is 22.5 Å². The molecule has 0 radical (unpaired) electrons. The maximum absolute atomic E-state index is 13.6. The van der Waals surface area contributed by atoms with Crippen LogP contribution >= 0.6 is 11.8 Å². The summed E-state index contributed by atoms with van der Waals surface area (Å²) < 4.78 is 13.7. The van der Waals surface area contributed by atoms with Crippen LogP contribution in [0.3, 0.4) is 0 Å². The summed E-state index contributed by atoms with van der Waals surface area (Å²) in [5.41, 5.74) is 0.916. The molecule has 3 heterocycles. The van der Waals surface area contributed by atoms with Gasteiger partial charge in [-0.2, -0.15) is 16.3 Å². The first-order chi connectivity index (χ1) is 22.1. The molecule has 2 aliphatic rings. The average Bonchev–Trinajstić information content (AvgIpc) is 3.43. The van der Waals surface area contributed by atoms with Gasteiger partial charge in [0.25, 0.3) is 11.1 Å². The molecule has 1 aliphatic carbocycles. The van der Waals surface area contributed by atoms with Crippen molar-refractivity contribution in [2.75, 3.05) is 12.4 Å². The van der Waals surface area contributed by atoms with E-state index in [-0.39, 0.29) is 17.9 Å². The van der Waals surface area contributed by atoms with Gasteiger partial charge in [0.15, 0.2) is 6.29 Å². The summed E-state index contributed by atoms with van der Waals surface area (Å²) in [5, 5.41) is 87.2. The standard InChI is InChI=1S/C28H42N4O14S/c1-5-15(34)29-12(7-47-8-13-10(3)27(44)32-26(43)9(2)11(4)31(13)32)25(42)30-16-18(36)17(35)14(6-33)45-28(16)46-24-22(40)20(38)19(37)21(39)23(24)41/h12,14,16-24,28,33,35-41H,5-8H2,1-4H3,(H,29,34)(H,30,42)/t12-,14?,16?,17?,18?,19?,20?,21?,22?,23?,24?,28?/m0/s1. The molecule has 2 aromatic rings. The Labute approximate surface area is 271 Å². The molecule has 0 bridgehead atoms. The Hall–Kier alpha value is -2.69. The third-order valence-electron chi connectivity index (χ3n) is 8.83. The minimum absolute atomic E-state index is 0.00702. The van der Waals surface area contributed by atoms with Crippen LogP contribution in [0.15, 0.2) is 9.59 Å². The van der Waals surface area contributed by atoms with Crippen LogP contribution in [-0.2, 0) is 24.8 Å². The number of rotatable bonds is 11. The first-order valence-electron chi connectivity index (χ1n) is 15.0. The summed E-state index contributed by atoms with van der Waals surface area (Å²) in [4.78, 5) is 51.3. The summed E-state index contributed by atoms with van der Waals surface area (Å²) in [6.45, 7) is 5.61. The number of aliphatic hydroxyl groups is 8. The van der Waals surface area contributed by atoms with Crippen molar-refractivity contribution in [3.05, 3.63) is 43.2 Å². The van der Waals surface area contributed by atoms with Crippen molar-refractivity contribution in [1.29, 1.82) is 0 Å². The van der Waals surface area contributed by atoms with E-state index in [4.69, 9.17) is 9.47 Å². The second-order valence-corrected chi connectivity index (χ2v) is 12.8. The van der Waals surface area contributed by atoms with Crippen LogP contribution in [0.1, 0.15) is 35.9 Å². The van der Waals surface area contributed by atoms with Gasteiger partial charge < -0.3 is 61.0 Å². The fraction of sp³-hybridized carbons (Fsp3) is 0.714. The van der Waals surface area contributed by atoms with Crippen molar-refractivity contribution in [2.45, 2.75) is 113 Å². The molecule has 264 valence electrons. The monoisotopic (exact) mass is 690 g/mol. The minimum Gasteiger partial charge on any atom is -0.394 e. The van der Waals surface area contributed by atoms with Crippen molar-refractivity contribution >= 4 is 23.6 Å². The number of aryl methyl sites for hydroxylation is 1. The summed E-state index contributed by atoms with van der Waals surface area (Å²) >= 11 is 1.16. The predicted molar refractivity (Wildman–Crippen MR) is 162 cm³/mol. The lowest BCUT2D eigenvalue weighted by Crippen LogP contribution is -2.69. The number of fused-ring (bicyclic) bond motifs is 1. The van der Waals surface area contributed by atoms with Crippen molar-refractivity contribution in [1.82, 2.24) is 19.7 Å². The minimum atomic E-state index is -1.97. The highest BCUT2D eigenvalue weighted by atomic mass is 32.2. The average molecular weight is 691 g/mol. The molecular formula is C28H42N4O14S. The first-order valence-corrected chi connectivity index (χ1v) is 16.1. The highest BCUT2D eigenvalue weighted by Crippen LogP contribution is 2.29. The number of carbonyl (C=O) groups excluding carboxylic acids is 2. The Bertz CT molecular complexity index is 1540. The van der Waals surface area contributed by atoms with Gasteiger partial charge in [0.2, 0.25) is 11.8 Å². The Kier molecular flexibility index (Phi) is 11.7. The molecule has 2 fully saturated rings. The molecule has 4 rings (SSSR count). The molecule has 18 nitrogen and oxygen atoms in total. The number of hydrogen-bond donors (Lipinski definition) is 10. The van der Waals surface area contributed by atoms with Gasteiger partial charge in [-0.25, -0.2) is 0 Å². The number of aliphatic hydroxyl groups excluding tert-OH is 8. The van der Waals surface area contributed by atoms with Crippen molar-refractivity contribution in [2.24, 2.45) is 0 Å². The van der Waals surface area contributed by atoms with Crippen LogP contribution < -0.4 is 21.8 Å². The largest absolute Gasteiger partial charge is 0.394 e. The highest BCUT2D eigenvalue weighted by Gasteiger charge is 2.53. The van der Waals surface area contributed by atoms with E-state index >= 15 is 0 Å². The second-order valence-electron chi connectivity index (χ2n) is 11.8. The molecule has 9 unspecified atom stereocenters. The molecule has 10 N–H and O–H groups in total. The zero-order chi connectivity index (χ0) is 35.1. The van der Waals surface area contributed by atoms with Gasteiger partial charge in [-0.05, 0) is 20.8 Å². The van der Waals surface area contributed by atoms with E-state index < -0.39 is 103 Å². The van der Waals surface area contributed by atoms with E-state index in [0.717, 1.165) is 16.3 Å². The third kappa shape index (κ3) is 6.92. The van der Waals surface area contributed by atoms with Crippen molar-refractivity contribution in [3.63, 3.8) is 0 Å². The van der Waals surface area contributed by atoms with E-state index in [9.17, 15) is 60.0 Å². The SMILES string of the molecule is CCC(=O)N[C@@H](CSCc1c(C)c(=O)n2c(=O)c(C)c(C)n12)C(=O)NC1C(OC2C(O)C(O)C(O)C(O)C2O)OC(CO)C(O)C1O. The number of nitrogens with one attached hydrogen (secondary N) is 2. The summed E-state index contributed by atoms with van der Waals surface area (Å²) in [5.74, 6) is -1.30. The van der Waals surface area contributed by atoms with E-state index in [2.05, 4.69) is 10.6 Å². The highest BCUT2D eigenvalue weighted by molar-refractivity contribution is 7.98. The van der Waals surface area contributed by atoms with Crippen LogP contribution in [0.25, 0.3) is 0 Å². The molecule has 47 heavy (non-hydrogen) atoms. The lowest BCUT2D eigenvalue weighted by atomic mass is 9.84. The van der Waals surface area contributed by atoms with Crippen molar-refractivity contribution in [3.8, 4) is 0 Å². The fourth-order valence-corrected chi connectivity index (χ4v) is 6.83. The summed E-state index contributed by atoms with van der Waals surface area (Å²) in [7, 11) is 0. The van der Waals surface area contributed by atoms with Crippen LogP contribution in [0.4, 0.5) is 0 Å². The summed E-state index contributed by atoms with van der Waals surface area (Å²) in [6.07, 6.45) is -18.5. The van der Waals surface area contributed by atoms with E-state index in [1.54, 1.807) is 27.7 Å². The van der Waals surface area contributed by atoms with Gasteiger partial charge in [0.05, 0.1) is 12.3 Å². The molecular weight excluding hydrogens is 648 g/mol. The number of carbonyl (C=O) groups is 2. The third-order valence-corrected chi connectivity index (χ3v) is 9.87. The zero-order valence-corrected chi connectivity index (χ0v) is 26.9. The lowest BCUT2D eigenvalue weighted by Gasteiger charge is -2.47. The molecule has 0 aromatic carbocycles. The topological polar surface area (TPSA) is 281 Å². The van der Waals surface area contributed by atoms with Gasteiger partial charge in [-0.1, -0.05) is 6.92 Å². The number of thioether (sulfide) groups is 1. The van der Waals surface area contributed by atoms with Gasteiger partial charge in [-0.15, -0.1) is 0 Å². The van der Waals surface area contributed by atoms with Gasteiger partial charge >= 0.3 is 0 Å². The number of amides is 2. The Morgan fingerprint density at radius 2 is 1.45 bits per heavy atom. The number of aromatic nitrogens is 2. The molecule has 1 saturated carbocycles. The Balaban J connectivity index is 1.56. The molecule has 2 amide bonds. The van der Waals surface area contributed by atoms with Gasteiger partial charge in [0.1, 0.15) is 67.0 Å². The first kappa shape index (κ1) is 37.1. The van der Waals surface area contributed by atoms with Gasteiger partial charge in [0, 0.05) is 34.7 Å². The van der Waals surface area contributed by atoms with Crippen LogP contribution in [0, 0.1) is 20.8 Å². The molecule has 0 spiro atoms. The predicted octanol–water partition coefficient (Wildman–Crippen LogP) is -5.62. The number of hydrogen-bond acceptors (Lipinski definition) is 15. The molecule has 19 heteroatoms.